The van der Waals surface area contributed by atoms with E-state index in [1.807, 2.05) is 19.1 Å². The van der Waals surface area contributed by atoms with Gasteiger partial charge in [0.05, 0.1) is 6.26 Å². The zero-order valence-corrected chi connectivity index (χ0v) is 11.0. The molecule has 0 spiro atoms. The van der Waals surface area contributed by atoms with Crippen molar-refractivity contribution >= 4 is 17.6 Å². The Morgan fingerprint density at radius 1 is 1.60 bits per heavy atom. The largest absolute Gasteiger partial charge is 0.477 e. The molecule has 7 nitrogen and oxygen atoms in total. The summed E-state index contributed by atoms with van der Waals surface area (Å²) in [5.74, 6) is -0.650. The number of furan rings is 1. The van der Waals surface area contributed by atoms with Gasteiger partial charge in [0, 0.05) is 18.9 Å². The van der Waals surface area contributed by atoms with E-state index in [1.54, 1.807) is 6.26 Å². The van der Waals surface area contributed by atoms with Gasteiger partial charge in [0.15, 0.2) is 5.71 Å². The lowest BCUT2D eigenvalue weighted by Gasteiger charge is -2.15. The highest BCUT2D eigenvalue weighted by Crippen LogP contribution is 2.12. The van der Waals surface area contributed by atoms with Crippen molar-refractivity contribution in [2.24, 2.45) is 5.16 Å². The highest BCUT2D eigenvalue weighted by Gasteiger charge is 2.31. The van der Waals surface area contributed by atoms with E-state index in [0.29, 0.717) is 0 Å². The summed E-state index contributed by atoms with van der Waals surface area (Å²) in [5, 5.41) is 14.9. The lowest BCUT2D eigenvalue weighted by Crippen LogP contribution is -2.40. The Labute approximate surface area is 115 Å². The number of hydrogen-bond acceptors (Lipinski definition) is 5. The molecule has 108 valence electrons. The van der Waals surface area contributed by atoms with Gasteiger partial charge in [-0.25, -0.2) is 4.79 Å². The minimum atomic E-state index is -1.16. The van der Waals surface area contributed by atoms with E-state index in [1.165, 1.54) is 0 Å². The molecule has 7 heteroatoms. The summed E-state index contributed by atoms with van der Waals surface area (Å²) in [5.41, 5.74) is -0.131. The van der Waals surface area contributed by atoms with Crippen LogP contribution in [0, 0.1) is 0 Å². The first-order chi connectivity index (χ1) is 9.56. The second kappa shape index (κ2) is 6.23. The molecule has 1 aromatic heterocycles. The topological polar surface area (TPSA) is 101 Å². The van der Waals surface area contributed by atoms with Gasteiger partial charge in [-0.15, -0.1) is 0 Å². The van der Waals surface area contributed by atoms with E-state index in [2.05, 4.69) is 10.5 Å². The van der Waals surface area contributed by atoms with Gasteiger partial charge in [0.1, 0.15) is 5.76 Å². The van der Waals surface area contributed by atoms with Crippen LogP contribution in [0.1, 0.15) is 25.5 Å². The van der Waals surface area contributed by atoms with Gasteiger partial charge in [0.2, 0.25) is 6.10 Å². The number of hydrogen-bond donors (Lipinski definition) is 2. The van der Waals surface area contributed by atoms with Crippen molar-refractivity contribution < 1.29 is 24.0 Å². The number of nitrogens with zero attached hydrogens (tertiary/aromatic N) is 1. The van der Waals surface area contributed by atoms with E-state index in [-0.39, 0.29) is 24.1 Å². The fraction of sp³-hybridized carbons (Fsp3) is 0.462. The number of carboxylic acid groups (broad SMARTS) is 1. The molecule has 0 bridgehead atoms. The highest BCUT2D eigenvalue weighted by atomic mass is 16.6. The van der Waals surface area contributed by atoms with E-state index >= 15 is 0 Å². The zero-order valence-electron chi connectivity index (χ0n) is 11.0. The predicted octanol–water partition coefficient (Wildman–Crippen LogP) is 0.946. The van der Waals surface area contributed by atoms with Crippen molar-refractivity contribution in [1.82, 2.24) is 5.32 Å². The molecule has 1 aromatic rings. The standard InChI is InChI=1S/C13H16N2O5/c1-8(4-5-9-3-2-6-19-9)14-12(16)11-7-10(13(17)18)15-20-11/h2-3,6,8,11H,4-5,7H2,1H3,(H,14,16)(H,17,18). The highest BCUT2D eigenvalue weighted by molar-refractivity contribution is 6.36. The van der Waals surface area contributed by atoms with Crippen LogP contribution >= 0.6 is 0 Å². The third-order valence-corrected chi connectivity index (χ3v) is 3.00. The molecule has 2 unspecified atom stereocenters. The monoisotopic (exact) mass is 280 g/mol. The lowest BCUT2D eigenvalue weighted by atomic mass is 10.1. The molecular formula is C13H16N2O5. The lowest BCUT2D eigenvalue weighted by molar-refractivity contribution is -0.131. The summed E-state index contributed by atoms with van der Waals surface area (Å²) in [6, 6.07) is 3.63. The molecule has 20 heavy (non-hydrogen) atoms. The summed E-state index contributed by atoms with van der Waals surface area (Å²) in [6.45, 7) is 1.87. The normalized spacial score (nSPS) is 19.1. The maximum Gasteiger partial charge on any atom is 0.353 e. The smallest absolute Gasteiger partial charge is 0.353 e. The number of aryl methyl sites for hydroxylation is 1. The van der Waals surface area contributed by atoms with Crippen molar-refractivity contribution in [1.29, 1.82) is 0 Å². The van der Waals surface area contributed by atoms with Crippen LogP contribution in [0.25, 0.3) is 0 Å². The second-order valence-electron chi connectivity index (χ2n) is 4.67. The van der Waals surface area contributed by atoms with Crippen molar-refractivity contribution in [3.63, 3.8) is 0 Å². The van der Waals surface area contributed by atoms with Gasteiger partial charge < -0.3 is 19.7 Å². The van der Waals surface area contributed by atoms with Crippen LogP contribution in [-0.4, -0.2) is 34.8 Å². The first-order valence-electron chi connectivity index (χ1n) is 6.35. The van der Waals surface area contributed by atoms with Crippen LogP contribution < -0.4 is 5.32 Å². The first kappa shape index (κ1) is 14.1. The van der Waals surface area contributed by atoms with Crippen LogP contribution in [-0.2, 0) is 20.8 Å². The Morgan fingerprint density at radius 3 is 3.00 bits per heavy atom. The Morgan fingerprint density at radius 2 is 2.40 bits per heavy atom. The third kappa shape index (κ3) is 3.59. The molecule has 0 saturated carbocycles. The number of aliphatic carboxylic acids is 1. The van der Waals surface area contributed by atoms with Gasteiger partial charge in [0.25, 0.3) is 5.91 Å². The molecule has 2 atom stereocenters. The minimum absolute atomic E-state index is 0.00787. The molecule has 2 heterocycles. The Balaban J connectivity index is 1.73. The first-order valence-corrected chi connectivity index (χ1v) is 6.35. The van der Waals surface area contributed by atoms with Crippen molar-refractivity contribution in [2.45, 2.75) is 38.3 Å². The molecule has 0 fully saturated rings. The maximum atomic E-state index is 11.9. The maximum absolute atomic E-state index is 11.9. The van der Waals surface area contributed by atoms with Gasteiger partial charge >= 0.3 is 5.97 Å². The molecule has 2 N–H and O–H groups in total. The number of carboxylic acids is 1. The molecular weight excluding hydrogens is 264 g/mol. The second-order valence-corrected chi connectivity index (χ2v) is 4.67. The Kier molecular flexibility index (Phi) is 4.39. The number of rotatable bonds is 6. The van der Waals surface area contributed by atoms with Crippen molar-refractivity contribution in [3.8, 4) is 0 Å². The fourth-order valence-corrected chi connectivity index (χ4v) is 1.87. The fourth-order valence-electron chi connectivity index (χ4n) is 1.87. The SMILES string of the molecule is CC(CCc1ccco1)NC(=O)C1CC(C(=O)O)=NO1. The molecule has 0 aromatic carbocycles. The quantitative estimate of drug-likeness (QED) is 0.807. The van der Waals surface area contributed by atoms with Gasteiger partial charge in [-0.05, 0) is 25.5 Å². The molecule has 2 rings (SSSR count). The number of oxime groups is 1. The van der Waals surface area contributed by atoms with E-state index in [0.717, 1.165) is 18.6 Å². The summed E-state index contributed by atoms with van der Waals surface area (Å²) in [6.07, 6.45) is 2.18. The molecule has 1 aliphatic heterocycles. The van der Waals surface area contributed by atoms with Crippen LogP contribution in [0.15, 0.2) is 28.0 Å². The minimum Gasteiger partial charge on any atom is -0.477 e. The number of carbonyl (C=O) groups is 2. The van der Waals surface area contributed by atoms with Crippen molar-refractivity contribution in [2.75, 3.05) is 0 Å². The van der Waals surface area contributed by atoms with Crippen LogP contribution in [0.4, 0.5) is 0 Å². The average Bonchev–Trinajstić information content (AvgIpc) is 3.07. The van der Waals surface area contributed by atoms with Crippen molar-refractivity contribution in [3.05, 3.63) is 24.2 Å². The summed E-state index contributed by atoms with van der Waals surface area (Å²) in [4.78, 5) is 27.3. The van der Waals surface area contributed by atoms with Gasteiger partial charge in [-0.2, -0.15) is 0 Å². The van der Waals surface area contributed by atoms with Gasteiger partial charge in [-0.1, -0.05) is 5.16 Å². The molecule has 0 radical (unpaired) electrons. The number of nitrogens with one attached hydrogen (secondary N) is 1. The molecule has 0 aliphatic carbocycles. The third-order valence-electron chi connectivity index (χ3n) is 3.00. The Bertz CT molecular complexity index is 509. The Hall–Kier alpha value is -2.31. The number of amides is 1. The van der Waals surface area contributed by atoms with E-state index in [4.69, 9.17) is 14.4 Å². The molecule has 0 saturated heterocycles. The summed E-state index contributed by atoms with van der Waals surface area (Å²) in [7, 11) is 0. The average molecular weight is 280 g/mol. The molecule has 1 amide bonds. The predicted molar refractivity (Wildman–Crippen MR) is 69.2 cm³/mol. The van der Waals surface area contributed by atoms with E-state index in [9.17, 15) is 9.59 Å². The van der Waals surface area contributed by atoms with E-state index < -0.39 is 12.1 Å². The van der Waals surface area contributed by atoms with Crippen LogP contribution in [0.5, 0.6) is 0 Å². The number of carbonyl (C=O) groups excluding carboxylic acids is 1. The zero-order chi connectivity index (χ0) is 14.5. The van der Waals surface area contributed by atoms with Gasteiger partial charge in [-0.3, -0.25) is 4.79 Å². The summed E-state index contributed by atoms with van der Waals surface area (Å²) >= 11 is 0. The summed E-state index contributed by atoms with van der Waals surface area (Å²) < 4.78 is 5.21. The van der Waals surface area contributed by atoms with Crippen LogP contribution in [0.3, 0.4) is 0 Å². The van der Waals surface area contributed by atoms with Crippen LogP contribution in [0.2, 0.25) is 0 Å². The molecule has 1 aliphatic rings.